The van der Waals surface area contributed by atoms with E-state index in [2.05, 4.69) is 39.8 Å². The minimum atomic E-state index is -0.0344. The summed E-state index contributed by atoms with van der Waals surface area (Å²) in [6.07, 6.45) is 3.63. The number of benzene rings is 3. The van der Waals surface area contributed by atoms with E-state index in [1.54, 1.807) is 18.1 Å². The fraction of sp³-hybridized carbons (Fsp3) is 0.125. The number of carbonyl (C=O) groups excluding carboxylic acids is 1. The molecule has 0 aliphatic carbocycles. The molecular weight excluding hydrogens is 424 g/mol. The molecule has 0 spiro atoms. The zero-order valence-corrected chi connectivity index (χ0v) is 18.6. The fourth-order valence-electron chi connectivity index (χ4n) is 3.27. The molecule has 31 heavy (non-hydrogen) atoms. The second-order valence-corrected chi connectivity index (χ2v) is 8.67. The summed E-state index contributed by atoms with van der Waals surface area (Å²) in [6, 6.07) is 28.3. The van der Waals surface area contributed by atoms with Crippen LogP contribution in [0.3, 0.4) is 0 Å². The number of amides is 1. The Hall–Kier alpha value is -3.03. The van der Waals surface area contributed by atoms with E-state index >= 15 is 0 Å². The highest BCUT2D eigenvalue weighted by Gasteiger charge is 2.16. The molecule has 0 radical (unpaired) electrons. The maximum absolute atomic E-state index is 12.7. The largest absolute Gasteiger partial charge is 0.325 e. The van der Waals surface area contributed by atoms with Crippen LogP contribution < -0.4 is 5.32 Å². The lowest BCUT2D eigenvalue weighted by Gasteiger charge is -2.17. The molecule has 0 saturated heterocycles. The van der Waals surface area contributed by atoms with Crippen LogP contribution in [0.5, 0.6) is 0 Å². The molecule has 1 heterocycles. The molecule has 0 aliphatic heterocycles. The van der Waals surface area contributed by atoms with Crippen molar-refractivity contribution in [3.05, 3.63) is 102 Å². The molecule has 0 aliphatic rings. The van der Waals surface area contributed by atoms with Gasteiger partial charge in [0.05, 0.1) is 16.7 Å². The number of anilines is 1. The Morgan fingerprint density at radius 2 is 1.65 bits per heavy atom. The highest BCUT2D eigenvalue weighted by atomic mass is 32.2. The first-order valence-corrected chi connectivity index (χ1v) is 12.1. The van der Waals surface area contributed by atoms with E-state index in [1.165, 1.54) is 22.9 Å². The van der Waals surface area contributed by atoms with Crippen molar-refractivity contribution >= 4 is 35.1 Å². The van der Waals surface area contributed by atoms with E-state index in [0.717, 1.165) is 16.5 Å². The van der Waals surface area contributed by atoms with Crippen LogP contribution in [0.1, 0.15) is 16.4 Å². The molecule has 5 nitrogen and oxygen atoms in total. The molecule has 0 fully saturated rings. The van der Waals surface area contributed by atoms with Crippen molar-refractivity contribution in [1.82, 2.24) is 14.8 Å². The smallest absolute Gasteiger partial charge is 0.234 e. The molecule has 1 amide bonds. The molecule has 0 bridgehead atoms. The third-order valence-electron chi connectivity index (χ3n) is 4.69. The topological polar surface area (TPSA) is 59.8 Å². The van der Waals surface area contributed by atoms with E-state index in [4.69, 9.17) is 0 Å². The van der Waals surface area contributed by atoms with E-state index in [0.29, 0.717) is 5.75 Å². The summed E-state index contributed by atoms with van der Waals surface area (Å²) in [6.45, 7) is 0. The van der Waals surface area contributed by atoms with E-state index < -0.39 is 0 Å². The van der Waals surface area contributed by atoms with Crippen molar-refractivity contribution < 1.29 is 4.79 Å². The minimum absolute atomic E-state index is 0.0344. The summed E-state index contributed by atoms with van der Waals surface area (Å²) in [7, 11) is 0. The summed E-state index contributed by atoms with van der Waals surface area (Å²) in [5.41, 5.74) is 4.03. The van der Waals surface area contributed by atoms with Crippen LogP contribution in [0.15, 0.2) is 96.4 Å². The first-order chi connectivity index (χ1) is 15.2. The minimum Gasteiger partial charge on any atom is -0.325 e. The van der Waals surface area contributed by atoms with Crippen molar-refractivity contribution in [3.8, 4) is 5.69 Å². The number of nitrogens with one attached hydrogen (secondary N) is 1. The van der Waals surface area contributed by atoms with Crippen LogP contribution in [0.25, 0.3) is 5.69 Å². The average molecular weight is 447 g/mol. The molecule has 0 unspecified atom stereocenters. The molecular formula is C24H22N4OS2. The molecule has 4 rings (SSSR count). The number of hydrogen-bond donors (Lipinski definition) is 1. The number of thioether (sulfide) groups is 2. The van der Waals surface area contributed by atoms with Crippen molar-refractivity contribution in [3.63, 3.8) is 0 Å². The van der Waals surface area contributed by atoms with E-state index in [1.807, 2.05) is 71.5 Å². The summed E-state index contributed by atoms with van der Waals surface area (Å²) < 4.78 is 1.90. The summed E-state index contributed by atoms with van der Waals surface area (Å²) in [5, 5.41) is 12.0. The summed E-state index contributed by atoms with van der Waals surface area (Å²) in [5.74, 6) is 0.314. The zero-order valence-electron chi connectivity index (χ0n) is 17.0. The van der Waals surface area contributed by atoms with Gasteiger partial charge in [-0.2, -0.15) is 0 Å². The van der Waals surface area contributed by atoms with Crippen molar-refractivity contribution in [1.29, 1.82) is 0 Å². The average Bonchev–Trinajstić information content (AvgIpc) is 3.30. The Kier molecular flexibility index (Phi) is 7.07. The third-order valence-corrected chi connectivity index (χ3v) is 6.64. The maximum Gasteiger partial charge on any atom is 0.234 e. The lowest BCUT2D eigenvalue weighted by Crippen LogP contribution is -2.15. The van der Waals surface area contributed by atoms with Crippen molar-refractivity contribution in [2.24, 2.45) is 0 Å². The van der Waals surface area contributed by atoms with Gasteiger partial charge in [-0.3, -0.25) is 9.36 Å². The Balaban J connectivity index is 1.45. The molecule has 156 valence electrons. The number of rotatable bonds is 8. The van der Waals surface area contributed by atoms with Gasteiger partial charge in [-0.05, 0) is 35.6 Å². The quantitative estimate of drug-likeness (QED) is 0.365. The molecule has 7 heteroatoms. The van der Waals surface area contributed by atoms with Gasteiger partial charge in [0.15, 0.2) is 5.16 Å². The Labute approximate surface area is 190 Å². The van der Waals surface area contributed by atoms with Crippen LogP contribution in [-0.4, -0.2) is 32.7 Å². The van der Waals surface area contributed by atoms with Crippen LogP contribution in [0.4, 0.5) is 5.69 Å². The molecule has 0 atom stereocenters. The second-order valence-electron chi connectivity index (χ2n) is 6.80. The van der Waals surface area contributed by atoms with Gasteiger partial charge in [0.2, 0.25) is 5.91 Å². The van der Waals surface area contributed by atoms with Gasteiger partial charge in [0.1, 0.15) is 6.33 Å². The molecule has 4 aromatic rings. The molecule has 1 aromatic heterocycles. The predicted octanol–water partition coefficient (Wildman–Crippen LogP) is 5.45. The second kappa shape index (κ2) is 10.3. The van der Waals surface area contributed by atoms with Crippen molar-refractivity contribution in [2.45, 2.75) is 10.4 Å². The van der Waals surface area contributed by atoms with Gasteiger partial charge in [-0.1, -0.05) is 78.5 Å². The van der Waals surface area contributed by atoms with Crippen LogP contribution >= 0.6 is 23.5 Å². The molecule has 3 aromatic carbocycles. The highest BCUT2D eigenvalue weighted by molar-refractivity contribution is 8.00. The summed E-state index contributed by atoms with van der Waals surface area (Å²) >= 11 is 3.15. The molecule has 0 saturated carbocycles. The van der Waals surface area contributed by atoms with Crippen LogP contribution in [0, 0.1) is 0 Å². The fourth-order valence-corrected chi connectivity index (χ4v) is 4.84. The van der Waals surface area contributed by atoms with Gasteiger partial charge < -0.3 is 5.32 Å². The molecule has 1 N–H and O–H groups in total. The number of aromatic nitrogens is 3. The standard InChI is InChI=1S/C24H22N4OS2/c1-30-24-27-25-17-28(24)21-14-8-13-20(15-21)26-22(29)16-31-23(18-9-4-2-5-10-18)19-11-6-3-7-12-19/h2-15,17,23H,16H2,1H3,(H,26,29). The van der Waals surface area contributed by atoms with Crippen LogP contribution in [0.2, 0.25) is 0 Å². The van der Waals surface area contributed by atoms with Gasteiger partial charge in [-0.25, -0.2) is 0 Å². The lowest BCUT2D eigenvalue weighted by atomic mass is 10.0. The first-order valence-electron chi connectivity index (χ1n) is 9.80. The third kappa shape index (κ3) is 5.37. The van der Waals surface area contributed by atoms with Gasteiger partial charge >= 0.3 is 0 Å². The van der Waals surface area contributed by atoms with Gasteiger partial charge in [-0.15, -0.1) is 22.0 Å². The Morgan fingerprint density at radius 1 is 0.968 bits per heavy atom. The normalized spacial score (nSPS) is 10.9. The Bertz CT molecular complexity index is 1090. The highest BCUT2D eigenvalue weighted by Crippen LogP contribution is 2.35. The number of nitrogens with zero attached hydrogens (tertiary/aromatic N) is 3. The zero-order chi connectivity index (χ0) is 21.5. The first kappa shape index (κ1) is 21.2. The lowest BCUT2D eigenvalue weighted by molar-refractivity contribution is -0.113. The van der Waals surface area contributed by atoms with E-state index in [9.17, 15) is 4.79 Å². The maximum atomic E-state index is 12.7. The van der Waals surface area contributed by atoms with Gasteiger partial charge in [0, 0.05) is 5.69 Å². The van der Waals surface area contributed by atoms with Gasteiger partial charge in [0.25, 0.3) is 0 Å². The summed E-state index contributed by atoms with van der Waals surface area (Å²) in [4.78, 5) is 12.7. The Morgan fingerprint density at radius 3 is 2.29 bits per heavy atom. The monoisotopic (exact) mass is 446 g/mol. The SMILES string of the molecule is CSc1nncn1-c1cccc(NC(=O)CSC(c2ccccc2)c2ccccc2)c1. The number of carbonyl (C=O) groups is 1. The van der Waals surface area contributed by atoms with E-state index in [-0.39, 0.29) is 11.2 Å². The predicted molar refractivity (Wildman–Crippen MR) is 129 cm³/mol. The van der Waals surface area contributed by atoms with Crippen LogP contribution in [-0.2, 0) is 4.79 Å². The number of hydrogen-bond acceptors (Lipinski definition) is 5. The van der Waals surface area contributed by atoms with Crippen molar-refractivity contribution in [2.75, 3.05) is 17.3 Å².